The highest BCUT2D eigenvalue weighted by atomic mass is 16.6. The number of carbonyl (C=O) groups is 3. The first-order chi connectivity index (χ1) is 14.7. The lowest BCUT2D eigenvalue weighted by atomic mass is 10.1. The Hall–Kier alpha value is -3.55. The lowest BCUT2D eigenvalue weighted by molar-refractivity contribution is -0.145. The van der Waals surface area contributed by atoms with Crippen LogP contribution in [0.25, 0.3) is 0 Å². The fourth-order valence-electron chi connectivity index (χ4n) is 2.47. The summed E-state index contributed by atoms with van der Waals surface area (Å²) in [6, 6.07) is 13.6. The number of ether oxygens (including phenoxy) is 3. The molecule has 0 atom stereocenters. The van der Waals surface area contributed by atoms with Gasteiger partial charge in [0, 0.05) is 23.9 Å². The molecule has 0 aliphatic carbocycles. The second kappa shape index (κ2) is 11.0. The molecule has 166 valence electrons. The minimum atomic E-state index is -0.562. The number of rotatable bonds is 8. The highest BCUT2D eigenvalue weighted by Crippen LogP contribution is 2.18. The van der Waals surface area contributed by atoms with Crippen LogP contribution in [0.3, 0.4) is 0 Å². The number of esters is 1. The van der Waals surface area contributed by atoms with E-state index in [0.29, 0.717) is 17.0 Å². The van der Waals surface area contributed by atoms with Crippen LogP contribution in [0.4, 0.5) is 10.5 Å². The van der Waals surface area contributed by atoms with Gasteiger partial charge >= 0.3 is 12.1 Å². The van der Waals surface area contributed by atoms with E-state index in [-0.39, 0.29) is 25.7 Å². The number of nitrogens with one attached hydrogen (secondary N) is 2. The molecule has 0 bridgehead atoms. The molecule has 0 heterocycles. The third-order valence-corrected chi connectivity index (χ3v) is 3.81. The smallest absolute Gasteiger partial charge is 0.407 e. The minimum Gasteiger partial charge on any atom is -0.482 e. The summed E-state index contributed by atoms with van der Waals surface area (Å²) in [6.07, 6.45) is -0.501. The van der Waals surface area contributed by atoms with Gasteiger partial charge in [-0.25, -0.2) is 9.59 Å². The van der Waals surface area contributed by atoms with Gasteiger partial charge < -0.3 is 24.8 Å². The predicted octanol–water partition coefficient (Wildman–Crippen LogP) is 3.91. The minimum absolute atomic E-state index is 0.204. The van der Waals surface area contributed by atoms with E-state index in [0.717, 1.165) is 5.56 Å². The summed E-state index contributed by atoms with van der Waals surface area (Å²) >= 11 is 0. The van der Waals surface area contributed by atoms with Crippen molar-refractivity contribution < 1.29 is 28.6 Å². The summed E-state index contributed by atoms with van der Waals surface area (Å²) in [5.41, 5.74) is 1.25. The van der Waals surface area contributed by atoms with Crippen molar-refractivity contribution in [1.29, 1.82) is 0 Å². The molecule has 31 heavy (non-hydrogen) atoms. The molecule has 2 N–H and O–H groups in total. The fourth-order valence-corrected chi connectivity index (χ4v) is 2.47. The van der Waals surface area contributed by atoms with Gasteiger partial charge in [0.1, 0.15) is 11.4 Å². The number of hydrogen-bond acceptors (Lipinski definition) is 6. The van der Waals surface area contributed by atoms with E-state index in [1.807, 2.05) is 0 Å². The molecule has 2 aromatic carbocycles. The summed E-state index contributed by atoms with van der Waals surface area (Å²) in [4.78, 5) is 35.6. The first-order valence-electron chi connectivity index (χ1n) is 9.92. The average molecular weight is 428 g/mol. The van der Waals surface area contributed by atoms with Gasteiger partial charge in [-0.3, -0.25) is 4.79 Å². The molecule has 0 aromatic heterocycles. The normalized spacial score (nSPS) is 10.7. The van der Waals surface area contributed by atoms with E-state index < -0.39 is 17.7 Å². The Labute approximate surface area is 181 Å². The molecule has 8 nitrogen and oxygen atoms in total. The summed E-state index contributed by atoms with van der Waals surface area (Å²) in [7, 11) is 0. The maximum Gasteiger partial charge on any atom is 0.407 e. The Morgan fingerprint density at radius 2 is 1.71 bits per heavy atom. The average Bonchev–Trinajstić information content (AvgIpc) is 2.70. The van der Waals surface area contributed by atoms with Crippen LogP contribution in [0, 0.1) is 0 Å². The van der Waals surface area contributed by atoms with Crippen molar-refractivity contribution in [1.82, 2.24) is 5.32 Å². The molecular formula is C23H28N2O6. The molecule has 0 spiro atoms. The molecule has 8 heteroatoms. The second-order valence-corrected chi connectivity index (χ2v) is 7.63. The first kappa shape index (κ1) is 23.7. The highest BCUT2D eigenvalue weighted by molar-refractivity contribution is 6.04. The van der Waals surface area contributed by atoms with Crippen LogP contribution in [0.1, 0.15) is 43.6 Å². The summed E-state index contributed by atoms with van der Waals surface area (Å²) in [6.45, 7) is 7.47. The number of alkyl carbamates (subject to hydrolysis) is 1. The van der Waals surface area contributed by atoms with Gasteiger partial charge in [-0.15, -0.1) is 0 Å². The van der Waals surface area contributed by atoms with Gasteiger partial charge in [-0.05, 0) is 57.5 Å². The van der Waals surface area contributed by atoms with Crippen molar-refractivity contribution in [3.05, 3.63) is 59.7 Å². The van der Waals surface area contributed by atoms with Gasteiger partial charge in [-0.2, -0.15) is 0 Å². The zero-order valence-electron chi connectivity index (χ0n) is 18.2. The van der Waals surface area contributed by atoms with Gasteiger partial charge in [-0.1, -0.05) is 18.2 Å². The van der Waals surface area contributed by atoms with E-state index in [4.69, 9.17) is 14.2 Å². The monoisotopic (exact) mass is 428 g/mol. The number of anilines is 1. The third-order valence-electron chi connectivity index (χ3n) is 3.81. The highest BCUT2D eigenvalue weighted by Gasteiger charge is 2.15. The first-order valence-corrected chi connectivity index (χ1v) is 9.92. The molecule has 2 rings (SSSR count). The Morgan fingerprint density at radius 3 is 2.35 bits per heavy atom. The van der Waals surface area contributed by atoms with Gasteiger partial charge in [0.15, 0.2) is 6.61 Å². The summed E-state index contributed by atoms with van der Waals surface area (Å²) in [5, 5.41) is 5.45. The lowest BCUT2D eigenvalue weighted by Gasteiger charge is -2.19. The van der Waals surface area contributed by atoms with Crippen LogP contribution < -0.4 is 15.4 Å². The molecule has 0 radical (unpaired) electrons. The van der Waals surface area contributed by atoms with Crippen molar-refractivity contribution in [2.45, 2.75) is 39.8 Å². The maximum absolute atomic E-state index is 12.5. The molecule has 2 aromatic rings. The molecular weight excluding hydrogens is 400 g/mol. The molecule has 0 unspecified atom stereocenters. The topological polar surface area (TPSA) is 103 Å². The van der Waals surface area contributed by atoms with E-state index in [1.54, 1.807) is 76.2 Å². The molecule has 0 aliphatic heterocycles. The number of benzene rings is 2. The van der Waals surface area contributed by atoms with Crippen LogP contribution in [-0.2, 0) is 20.8 Å². The molecule has 2 amide bonds. The molecule has 0 aliphatic rings. The summed E-state index contributed by atoms with van der Waals surface area (Å²) in [5.74, 6) is -0.318. The van der Waals surface area contributed by atoms with E-state index in [2.05, 4.69) is 10.6 Å². The van der Waals surface area contributed by atoms with Crippen molar-refractivity contribution in [3.8, 4) is 5.75 Å². The largest absolute Gasteiger partial charge is 0.482 e. The van der Waals surface area contributed by atoms with Crippen LogP contribution in [-0.4, -0.2) is 36.8 Å². The van der Waals surface area contributed by atoms with Crippen LogP contribution in [0.5, 0.6) is 5.75 Å². The van der Waals surface area contributed by atoms with Crippen molar-refractivity contribution in [2.75, 3.05) is 18.5 Å². The SMILES string of the molecule is CCOC(=O)COc1cccc(NC(=O)c2ccc(CNC(=O)OC(C)(C)C)cc2)c1. The summed E-state index contributed by atoms with van der Waals surface area (Å²) < 4.78 is 15.4. The van der Waals surface area contributed by atoms with Crippen molar-refractivity contribution in [3.63, 3.8) is 0 Å². The second-order valence-electron chi connectivity index (χ2n) is 7.63. The number of carbonyl (C=O) groups excluding carboxylic acids is 3. The Bertz CT molecular complexity index is 903. The van der Waals surface area contributed by atoms with Crippen molar-refractivity contribution >= 4 is 23.7 Å². The van der Waals surface area contributed by atoms with Gasteiger partial charge in [0.2, 0.25) is 0 Å². The zero-order valence-corrected chi connectivity index (χ0v) is 18.2. The fraction of sp³-hybridized carbons (Fsp3) is 0.348. The lowest BCUT2D eigenvalue weighted by Crippen LogP contribution is -2.32. The van der Waals surface area contributed by atoms with Gasteiger partial charge in [0.05, 0.1) is 6.61 Å². The maximum atomic E-state index is 12.5. The molecule has 0 saturated carbocycles. The van der Waals surface area contributed by atoms with E-state index >= 15 is 0 Å². The molecule has 0 saturated heterocycles. The third kappa shape index (κ3) is 8.77. The Balaban J connectivity index is 1.89. The Kier molecular flexibility index (Phi) is 8.43. The van der Waals surface area contributed by atoms with Crippen molar-refractivity contribution in [2.24, 2.45) is 0 Å². The van der Waals surface area contributed by atoms with E-state index in [1.165, 1.54) is 0 Å². The Morgan fingerprint density at radius 1 is 1.00 bits per heavy atom. The van der Waals surface area contributed by atoms with E-state index in [9.17, 15) is 14.4 Å². The molecule has 0 fully saturated rings. The van der Waals surface area contributed by atoms with Crippen LogP contribution >= 0.6 is 0 Å². The van der Waals surface area contributed by atoms with Gasteiger partial charge in [0.25, 0.3) is 5.91 Å². The standard InChI is InChI=1S/C23H28N2O6/c1-5-29-20(26)15-30-19-8-6-7-18(13-19)25-21(27)17-11-9-16(10-12-17)14-24-22(28)31-23(2,3)4/h6-13H,5,14-15H2,1-4H3,(H,24,28)(H,25,27). The number of hydrogen-bond donors (Lipinski definition) is 2. The van der Waals surface area contributed by atoms with Crippen LogP contribution in [0.2, 0.25) is 0 Å². The van der Waals surface area contributed by atoms with Crippen LogP contribution in [0.15, 0.2) is 48.5 Å². The number of amides is 2. The predicted molar refractivity (Wildman–Crippen MR) is 116 cm³/mol. The quantitative estimate of drug-likeness (QED) is 0.618. The zero-order chi connectivity index (χ0) is 22.9.